The number of allylic oxidation sites excluding steroid dienone is 6. The smallest absolute Gasteiger partial charge is 0.305 e. The van der Waals surface area contributed by atoms with Crippen LogP contribution in [-0.4, -0.2) is 47.4 Å². The third kappa shape index (κ3) is 57.4. The first-order chi connectivity index (χ1) is 35.5. The number of nitrogens with one attached hydrogen (secondary N) is 1. The van der Waals surface area contributed by atoms with Gasteiger partial charge in [-0.3, -0.25) is 9.59 Å². The third-order valence-electron chi connectivity index (χ3n) is 14.9. The molecule has 3 N–H and O–H groups in total. The summed E-state index contributed by atoms with van der Waals surface area (Å²) in [4.78, 5) is 24.5. The molecule has 2 atom stereocenters. The second-order valence-electron chi connectivity index (χ2n) is 22.1. The number of aliphatic hydroxyl groups is 2. The van der Waals surface area contributed by atoms with Crippen LogP contribution in [0.4, 0.5) is 0 Å². The van der Waals surface area contributed by atoms with E-state index in [1.54, 1.807) is 0 Å². The van der Waals surface area contributed by atoms with Gasteiger partial charge in [-0.05, 0) is 83.5 Å². The van der Waals surface area contributed by atoms with Crippen molar-refractivity contribution in [1.29, 1.82) is 0 Å². The monoisotopic (exact) mass is 1010 g/mol. The van der Waals surface area contributed by atoms with Crippen LogP contribution in [0.25, 0.3) is 0 Å². The van der Waals surface area contributed by atoms with E-state index >= 15 is 0 Å². The summed E-state index contributed by atoms with van der Waals surface area (Å²) in [5, 5.41) is 23.3. The molecule has 0 aromatic rings. The molecule has 0 bridgehead atoms. The van der Waals surface area contributed by atoms with E-state index in [4.69, 9.17) is 4.74 Å². The molecule has 0 heterocycles. The molecule has 0 aliphatic heterocycles. The Bertz CT molecular complexity index is 1170. The van der Waals surface area contributed by atoms with Crippen LogP contribution >= 0.6 is 0 Å². The van der Waals surface area contributed by atoms with E-state index in [2.05, 4.69) is 55.6 Å². The molecule has 0 aromatic carbocycles. The van der Waals surface area contributed by atoms with E-state index in [0.717, 1.165) is 51.4 Å². The van der Waals surface area contributed by atoms with E-state index in [9.17, 15) is 19.8 Å². The van der Waals surface area contributed by atoms with E-state index in [1.165, 1.54) is 263 Å². The van der Waals surface area contributed by atoms with Crippen LogP contribution in [0.3, 0.4) is 0 Å². The zero-order valence-corrected chi connectivity index (χ0v) is 48.4. The van der Waals surface area contributed by atoms with Crippen molar-refractivity contribution in [1.82, 2.24) is 5.32 Å². The van der Waals surface area contributed by atoms with Crippen LogP contribution in [0.2, 0.25) is 0 Å². The lowest BCUT2D eigenvalue weighted by molar-refractivity contribution is -0.143. The first-order valence-electron chi connectivity index (χ1n) is 32.2. The Morgan fingerprint density at radius 2 is 0.694 bits per heavy atom. The Morgan fingerprint density at radius 3 is 1.08 bits per heavy atom. The number of amides is 1. The van der Waals surface area contributed by atoms with Crippen molar-refractivity contribution in [3.8, 4) is 0 Å². The molecule has 0 rings (SSSR count). The highest BCUT2D eigenvalue weighted by Gasteiger charge is 2.20. The van der Waals surface area contributed by atoms with Crippen molar-refractivity contribution < 1.29 is 24.5 Å². The van der Waals surface area contributed by atoms with Gasteiger partial charge in [-0.25, -0.2) is 0 Å². The number of hydrogen-bond donors (Lipinski definition) is 3. The van der Waals surface area contributed by atoms with Gasteiger partial charge in [0.2, 0.25) is 5.91 Å². The van der Waals surface area contributed by atoms with Crippen molar-refractivity contribution in [2.45, 2.75) is 360 Å². The number of ether oxygens (including phenoxy) is 1. The fraction of sp³-hybridized carbons (Fsp3) is 0.879. The lowest BCUT2D eigenvalue weighted by Gasteiger charge is -2.22. The Labute approximate surface area is 449 Å². The van der Waals surface area contributed by atoms with Crippen molar-refractivity contribution in [3.05, 3.63) is 36.5 Å². The Kier molecular flexibility index (Phi) is 60.0. The number of carbonyl (C=O) groups excluding carboxylic acids is 2. The van der Waals surface area contributed by atoms with Crippen LogP contribution in [0.5, 0.6) is 0 Å². The molecule has 2 unspecified atom stereocenters. The van der Waals surface area contributed by atoms with Crippen LogP contribution in [0, 0.1) is 0 Å². The number of esters is 1. The average Bonchev–Trinajstić information content (AvgIpc) is 3.38. The van der Waals surface area contributed by atoms with E-state index in [0.29, 0.717) is 25.9 Å². The molecule has 0 fully saturated rings. The van der Waals surface area contributed by atoms with E-state index in [1.807, 2.05) is 0 Å². The molecule has 0 saturated carbocycles. The van der Waals surface area contributed by atoms with E-state index < -0.39 is 12.1 Å². The fourth-order valence-electron chi connectivity index (χ4n) is 9.96. The predicted octanol–water partition coefficient (Wildman–Crippen LogP) is 20.4. The van der Waals surface area contributed by atoms with Crippen molar-refractivity contribution in [2.24, 2.45) is 0 Å². The zero-order chi connectivity index (χ0) is 52.2. The quantitative estimate of drug-likeness (QED) is 0.0320. The second kappa shape index (κ2) is 61.6. The first kappa shape index (κ1) is 70.1. The van der Waals surface area contributed by atoms with Crippen LogP contribution < -0.4 is 5.32 Å². The normalized spacial score (nSPS) is 12.8. The SMILES string of the molecule is CCCCCC/C=C\C/C=C\CCCCCCCC(=O)OCCCCCCCCCCCCCC/C=C\CCCCCCCCCCCC(=O)NC(CO)C(O)CCCCCCCCCCCCCCCC. The predicted molar refractivity (Wildman–Crippen MR) is 315 cm³/mol. The molecule has 0 aromatic heterocycles. The van der Waals surface area contributed by atoms with Gasteiger partial charge in [0.25, 0.3) is 0 Å². The Hall–Kier alpha value is -1.92. The minimum absolute atomic E-state index is 0.000125. The minimum Gasteiger partial charge on any atom is -0.466 e. The highest BCUT2D eigenvalue weighted by atomic mass is 16.5. The van der Waals surface area contributed by atoms with Gasteiger partial charge in [0.05, 0.1) is 25.4 Å². The molecule has 0 aliphatic rings. The number of carbonyl (C=O) groups is 2. The van der Waals surface area contributed by atoms with Gasteiger partial charge in [0.1, 0.15) is 0 Å². The van der Waals surface area contributed by atoms with Gasteiger partial charge < -0.3 is 20.3 Å². The van der Waals surface area contributed by atoms with Crippen LogP contribution in [0.1, 0.15) is 348 Å². The summed E-state index contributed by atoms with van der Waals surface area (Å²) in [5.41, 5.74) is 0. The molecular formula is C66H125NO5. The maximum atomic E-state index is 12.5. The van der Waals surface area contributed by atoms with Gasteiger partial charge in [0.15, 0.2) is 0 Å². The topological polar surface area (TPSA) is 95.9 Å². The lowest BCUT2D eigenvalue weighted by atomic mass is 10.0. The van der Waals surface area contributed by atoms with Crippen LogP contribution in [0.15, 0.2) is 36.5 Å². The van der Waals surface area contributed by atoms with Crippen molar-refractivity contribution in [3.63, 3.8) is 0 Å². The molecule has 0 spiro atoms. The van der Waals surface area contributed by atoms with Gasteiger partial charge in [-0.15, -0.1) is 0 Å². The molecule has 1 amide bonds. The van der Waals surface area contributed by atoms with Gasteiger partial charge in [0, 0.05) is 12.8 Å². The molecular weight excluding hydrogens is 887 g/mol. The number of unbranched alkanes of at least 4 members (excludes halogenated alkanes) is 43. The summed E-state index contributed by atoms with van der Waals surface area (Å²) in [6.07, 6.45) is 77.3. The zero-order valence-electron chi connectivity index (χ0n) is 48.4. The number of rotatable bonds is 60. The summed E-state index contributed by atoms with van der Waals surface area (Å²) in [6.45, 7) is 4.94. The molecule has 0 saturated heterocycles. The maximum Gasteiger partial charge on any atom is 0.305 e. The summed E-state index contributed by atoms with van der Waals surface area (Å²) in [6, 6.07) is -0.544. The fourth-order valence-corrected chi connectivity index (χ4v) is 9.96. The molecule has 0 radical (unpaired) electrons. The molecule has 6 heteroatoms. The van der Waals surface area contributed by atoms with Gasteiger partial charge in [-0.2, -0.15) is 0 Å². The standard InChI is InChI=1S/C66H125NO5/c1-3-5-7-9-11-13-15-17-19-32-36-40-44-48-52-56-60-66(71)72-61-57-53-49-45-41-37-33-30-28-26-24-22-20-21-23-25-27-29-31-35-39-43-47-51-55-59-65(70)67-63(62-68)64(69)58-54-50-46-42-38-34-18-16-14-12-10-8-6-4-2/h13,15,19,21,23,32,63-64,68-69H,3-12,14,16-18,20,22,24-31,33-62H2,1-2H3,(H,67,70)/b15-13-,23-21-,32-19-. The van der Waals surface area contributed by atoms with Gasteiger partial charge in [-0.1, -0.05) is 288 Å². The Balaban J connectivity index is 3.39. The molecule has 72 heavy (non-hydrogen) atoms. The third-order valence-corrected chi connectivity index (χ3v) is 14.9. The number of aliphatic hydroxyl groups excluding tert-OH is 2. The summed E-state index contributed by atoms with van der Waals surface area (Å²) in [5.74, 6) is -0.0368. The minimum atomic E-state index is -0.666. The van der Waals surface area contributed by atoms with Gasteiger partial charge >= 0.3 is 5.97 Å². The second-order valence-corrected chi connectivity index (χ2v) is 22.1. The summed E-state index contributed by atoms with van der Waals surface area (Å²) < 4.78 is 5.48. The van der Waals surface area contributed by atoms with E-state index in [-0.39, 0.29) is 18.5 Å². The van der Waals surface area contributed by atoms with Crippen molar-refractivity contribution in [2.75, 3.05) is 13.2 Å². The highest BCUT2D eigenvalue weighted by molar-refractivity contribution is 5.76. The first-order valence-corrected chi connectivity index (χ1v) is 32.2. The van der Waals surface area contributed by atoms with Crippen molar-refractivity contribution >= 4 is 11.9 Å². The summed E-state index contributed by atoms with van der Waals surface area (Å²) >= 11 is 0. The highest BCUT2D eigenvalue weighted by Crippen LogP contribution is 2.17. The lowest BCUT2D eigenvalue weighted by Crippen LogP contribution is -2.45. The number of hydrogen-bond acceptors (Lipinski definition) is 5. The maximum absolute atomic E-state index is 12.5. The largest absolute Gasteiger partial charge is 0.466 e. The van der Waals surface area contributed by atoms with Crippen LogP contribution in [-0.2, 0) is 14.3 Å². The molecule has 0 aliphatic carbocycles. The molecule has 6 nitrogen and oxygen atoms in total. The average molecular weight is 1010 g/mol. The Morgan fingerprint density at radius 1 is 0.389 bits per heavy atom. The molecule has 424 valence electrons. The summed E-state index contributed by atoms with van der Waals surface area (Å²) in [7, 11) is 0.